The molecular formula is C17H20F4N4O3. The number of aliphatic carboxylic acids is 1. The number of halogens is 4. The Morgan fingerprint density at radius 2 is 1.89 bits per heavy atom. The molecule has 1 atom stereocenters. The Hall–Kier alpha value is -2.95. The SMILES string of the molecule is CCCN=C(/C(=C\N)C(F)(F)F)c1cc(F)cc(C(=O)NC[C@@H](N)C(=O)O)c1. The molecule has 0 fully saturated rings. The minimum absolute atomic E-state index is 0.0221. The van der Waals surface area contributed by atoms with Gasteiger partial charge in [-0.3, -0.25) is 14.6 Å². The molecule has 0 aromatic heterocycles. The zero-order valence-electron chi connectivity index (χ0n) is 14.9. The van der Waals surface area contributed by atoms with Crippen LogP contribution in [0.15, 0.2) is 35.0 Å². The van der Waals surface area contributed by atoms with Gasteiger partial charge in [-0.05, 0) is 24.6 Å². The lowest BCUT2D eigenvalue weighted by atomic mass is 9.99. The summed E-state index contributed by atoms with van der Waals surface area (Å²) in [5, 5.41) is 10.9. The van der Waals surface area contributed by atoms with Crippen molar-refractivity contribution >= 4 is 17.6 Å². The quantitative estimate of drug-likeness (QED) is 0.386. The molecule has 0 aliphatic rings. The van der Waals surface area contributed by atoms with Crippen LogP contribution in [-0.4, -0.2) is 48.0 Å². The number of allylic oxidation sites excluding steroid dienone is 1. The van der Waals surface area contributed by atoms with Crippen molar-refractivity contribution in [2.75, 3.05) is 13.1 Å². The standard InChI is InChI=1S/C17H20F4N4O3/c1-2-3-24-14(12(7-22)17(19,20)21)9-4-10(6-11(18)5-9)15(26)25-8-13(23)16(27)28/h4-7,13H,2-3,8,22-23H2,1H3,(H,25,26)(H,27,28)/b12-7+,24-14?/t13-/m1/s1. The Bertz CT molecular complexity index is 791. The highest BCUT2D eigenvalue weighted by Gasteiger charge is 2.37. The Labute approximate surface area is 158 Å². The summed E-state index contributed by atoms with van der Waals surface area (Å²) in [6.45, 7) is 1.26. The van der Waals surface area contributed by atoms with Crippen molar-refractivity contribution < 1.29 is 32.3 Å². The summed E-state index contributed by atoms with van der Waals surface area (Å²) in [6, 6.07) is 1.20. The molecule has 6 N–H and O–H groups in total. The number of carboxylic acids is 1. The molecule has 0 bridgehead atoms. The largest absolute Gasteiger partial charge is 0.480 e. The van der Waals surface area contributed by atoms with Gasteiger partial charge in [0.15, 0.2) is 0 Å². The van der Waals surface area contributed by atoms with Gasteiger partial charge in [0.25, 0.3) is 5.91 Å². The van der Waals surface area contributed by atoms with Gasteiger partial charge in [0.05, 0.1) is 11.3 Å². The monoisotopic (exact) mass is 404 g/mol. The fourth-order valence-electron chi connectivity index (χ4n) is 2.11. The molecule has 1 rings (SSSR count). The average Bonchev–Trinajstić information content (AvgIpc) is 2.60. The molecule has 11 heteroatoms. The number of hydrogen-bond donors (Lipinski definition) is 4. The van der Waals surface area contributed by atoms with E-state index in [1.54, 1.807) is 6.92 Å². The summed E-state index contributed by atoms with van der Waals surface area (Å²) in [4.78, 5) is 26.6. The first kappa shape index (κ1) is 23.1. The second-order valence-electron chi connectivity index (χ2n) is 5.69. The van der Waals surface area contributed by atoms with Crippen LogP contribution in [0.4, 0.5) is 17.6 Å². The number of alkyl halides is 3. The second-order valence-corrected chi connectivity index (χ2v) is 5.69. The van der Waals surface area contributed by atoms with E-state index in [1.807, 2.05) is 0 Å². The average molecular weight is 404 g/mol. The molecule has 1 aromatic carbocycles. The van der Waals surface area contributed by atoms with Crippen LogP contribution in [0, 0.1) is 5.82 Å². The maximum absolute atomic E-state index is 14.0. The second kappa shape index (κ2) is 9.83. The fourth-order valence-corrected chi connectivity index (χ4v) is 2.11. The molecule has 0 heterocycles. The summed E-state index contributed by atoms with van der Waals surface area (Å²) in [5.74, 6) is -3.25. The highest BCUT2D eigenvalue weighted by Crippen LogP contribution is 2.29. The first-order valence-corrected chi connectivity index (χ1v) is 8.12. The van der Waals surface area contributed by atoms with Crippen LogP contribution in [0.5, 0.6) is 0 Å². The number of carboxylic acid groups (broad SMARTS) is 1. The fraction of sp³-hybridized carbons (Fsp3) is 0.353. The molecule has 1 amide bonds. The number of hydrogen-bond acceptors (Lipinski definition) is 5. The molecule has 0 saturated heterocycles. The lowest BCUT2D eigenvalue weighted by Crippen LogP contribution is -2.42. The van der Waals surface area contributed by atoms with Gasteiger partial charge in [-0.15, -0.1) is 0 Å². The molecule has 0 saturated carbocycles. The lowest BCUT2D eigenvalue weighted by molar-refractivity contribution is -0.138. The first-order chi connectivity index (χ1) is 13.0. The van der Waals surface area contributed by atoms with E-state index in [2.05, 4.69) is 10.3 Å². The molecule has 28 heavy (non-hydrogen) atoms. The summed E-state index contributed by atoms with van der Waals surface area (Å²) in [5.41, 5.74) is 7.87. The number of rotatable bonds is 8. The minimum Gasteiger partial charge on any atom is -0.480 e. The van der Waals surface area contributed by atoms with Crippen LogP contribution < -0.4 is 16.8 Å². The third kappa shape index (κ3) is 6.34. The van der Waals surface area contributed by atoms with E-state index in [1.165, 1.54) is 0 Å². The minimum atomic E-state index is -4.84. The van der Waals surface area contributed by atoms with Crippen LogP contribution in [0.25, 0.3) is 0 Å². The van der Waals surface area contributed by atoms with E-state index in [9.17, 15) is 27.2 Å². The summed E-state index contributed by atoms with van der Waals surface area (Å²) >= 11 is 0. The van der Waals surface area contributed by atoms with E-state index in [4.69, 9.17) is 16.6 Å². The number of benzene rings is 1. The normalized spacial score (nSPS) is 13.9. The third-order valence-electron chi connectivity index (χ3n) is 3.45. The maximum atomic E-state index is 14.0. The summed E-state index contributed by atoms with van der Waals surface area (Å²) in [6.07, 6.45) is -4.09. The van der Waals surface area contributed by atoms with Gasteiger partial charge in [0.1, 0.15) is 11.9 Å². The lowest BCUT2D eigenvalue weighted by Gasteiger charge is -2.15. The van der Waals surface area contributed by atoms with Crippen LogP contribution in [0.2, 0.25) is 0 Å². The van der Waals surface area contributed by atoms with Crippen molar-refractivity contribution in [2.24, 2.45) is 16.5 Å². The van der Waals surface area contributed by atoms with Gasteiger partial charge in [-0.1, -0.05) is 6.92 Å². The molecule has 1 aromatic rings. The number of nitrogens with zero attached hydrogens (tertiary/aromatic N) is 1. The predicted octanol–water partition coefficient (Wildman–Crippen LogP) is 1.57. The van der Waals surface area contributed by atoms with Crippen molar-refractivity contribution in [1.29, 1.82) is 0 Å². The Kier molecular flexibility index (Phi) is 8.11. The first-order valence-electron chi connectivity index (χ1n) is 8.12. The molecule has 0 spiro atoms. The van der Waals surface area contributed by atoms with Gasteiger partial charge in [0, 0.05) is 30.4 Å². The van der Waals surface area contributed by atoms with Crippen LogP contribution in [0.3, 0.4) is 0 Å². The van der Waals surface area contributed by atoms with Crippen molar-refractivity contribution in [3.8, 4) is 0 Å². The van der Waals surface area contributed by atoms with Gasteiger partial charge in [-0.25, -0.2) is 4.39 Å². The number of nitrogens with two attached hydrogens (primary N) is 2. The maximum Gasteiger partial charge on any atom is 0.419 e. The number of carbonyl (C=O) groups excluding carboxylic acids is 1. The van der Waals surface area contributed by atoms with E-state index in [0.29, 0.717) is 12.6 Å². The smallest absolute Gasteiger partial charge is 0.419 e. The Balaban J connectivity index is 3.31. The topological polar surface area (TPSA) is 131 Å². The third-order valence-corrected chi connectivity index (χ3v) is 3.45. The van der Waals surface area contributed by atoms with Gasteiger partial charge in [0.2, 0.25) is 0 Å². The van der Waals surface area contributed by atoms with Crippen LogP contribution in [-0.2, 0) is 4.79 Å². The molecule has 154 valence electrons. The number of aliphatic imine (C=N–C) groups is 1. The molecule has 0 aliphatic heterocycles. The summed E-state index contributed by atoms with van der Waals surface area (Å²) in [7, 11) is 0. The summed E-state index contributed by atoms with van der Waals surface area (Å²) < 4.78 is 53.7. The number of carbonyl (C=O) groups is 2. The zero-order chi connectivity index (χ0) is 21.5. The van der Waals surface area contributed by atoms with Crippen LogP contribution >= 0.6 is 0 Å². The van der Waals surface area contributed by atoms with Crippen molar-refractivity contribution in [1.82, 2.24) is 5.32 Å². The van der Waals surface area contributed by atoms with E-state index >= 15 is 0 Å². The molecule has 0 aliphatic carbocycles. The molecular weight excluding hydrogens is 384 g/mol. The molecule has 0 radical (unpaired) electrons. The van der Waals surface area contributed by atoms with E-state index in [0.717, 1.165) is 18.2 Å². The van der Waals surface area contributed by atoms with Crippen LogP contribution in [0.1, 0.15) is 29.3 Å². The van der Waals surface area contributed by atoms with E-state index in [-0.39, 0.29) is 17.7 Å². The molecule has 0 unspecified atom stereocenters. The van der Waals surface area contributed by atoms with E-state index < -0.39 is 47.7 Å². The Morgan fingerprint density at radius 1 is 1.29 bits per heavy atom. The van der Waals surface area contributed by atoms with Crippen molar-refractivity contribution in [3.05, 3.63) is 46.9 Å². The van der Waals surface area contributed by atoms with Gasteiger partial charge >= 0.3 is 12.1 Å². The van der Waals surface area contributed by atoms with Crippen molar-refractivity contribution in [3.63, 3.8) is 0 Å². The molecule has 7 nitrogen and oxygen atoms in total. The van der Waals surface area contributed by atoms with Crippen molar-refractivity contribution in [2.45, 2.75) is 25.6 Å². The van der Waals surface area contributed by atoms with Gasteiger partial charge in [-0.2, -0.15) is 13.2 Å². The highest BCUT2D eigenvalue weighted by atomic mass is 19.4. The number of amides is 1. The number of nitrogens with one attached hydrogen (secondary N) is 1. The zero-order valence-corrected chi connectivity index (χ0v) is 14.9. The van der Waals surface area contributed by atoms with Gasteiger partial charge < -0.3 is 21.9 Å². The Morgan fingerprint density at radius 3 is 2.39 bits per heavy atom. The highest BCUT2D eigenvalue weighted by molar-refractivity contribution is 6.14. The predicted molar refractivity (Wildman–Crippen MR) is 94.4 cm³/mol.